The van der Waals surface area contributed by atoms with Crippen LogP contribution in [0.4, 0.5) is 13.2 Å². The van der Waals surface area contributed by atoms with Gasteiger partial charge < -0.3 is 4.90 Å². The molecule has 0 atom stereocenters. The first kappa shape index (κ1) is 12.5. The Kier molecular flexibility index (Phi) is 3.56. The minimum Gasteiger partial charge on any atom is -0.332 e. The molecule has 16 heavy (non-hydrogen) atoms. The van der Waals surface area contributed by atoms with Crippen LogP contribution in [-0.4, -0.2) is 33.8 Å². The Balaban J connectivity index is 2.72. The van der Waals surface area contributed by atoms with Crippen molar-refractivity contribution in [2.24, 2.45) is 0 Å². The molecule has 0 N–H and O–H groups in total. The summed E-state index contributed by atoms with van der Waals surface area (Å²) in [5.74, 6) is -1.85. The van der Waals surface area contributed by atoms with Gasteiger partial charge in [0.15, 0.2) is 0 Å². The summed E-state index contributed by atoms with van der Waals surface area (Å²) in [7, 11) is 1.11. The molecule has 0 aliphatic rings. The van der Waals surface area contributed by atoms with Crippen molar-refractivity contribution in [3.05, 3.63) is 18.0 Å². The van der Waals surface area contributed by atoms with Gasteiger partial charge in [0.25, 0.3) is 0 Å². The third-order valence-electron chi connectivity index (χ3n) is 2.09. The van der Waals surface area contributed by atoms with Crippen molar-refractivity contribution in [3.8, 4) is 0 Å². The zero-order valence-electron chi connectivity index (χ0n) is 8.95. The van der Waals surface area contributed by atoms with Crippen LogP contribution < -0.4 is 0 Å². The molecule has 0 aromatic carbocycles. The molecule has 0 radical (unpaired) electrons. The molecule has 1 rings (SSSR count). The second-order valence-electron chi connectivity index (χ2n) is 3.30. The number of hydrogen-bond donors (Lipinski definition) is 0. The van der Waals surface area contributed by atoms with Gasteiger partial charge in [-0.1, -0.05) is 0 Å². The number of nitrogens with zero attached hydrogens (tertiary/aromatic N) is 3. The summed E-state index contributed by atoms with van der Waals surface area (Å²) < 4.78 is 37.8. The van der Waals surface area contributed by atoms with E-state index in [4.69, 9.17) is 0 Å². The van der Waals surface area contributed by atoms with Gasteiger partial charge >= 0.3 is 12.1 Å². The van der Waals surface area contributed by atoms with Gasteiger partial charge in [0.2, 0.25) is 0 Å². The highest BCUT2D eigenvalue weighted by Crippen LogP contribution is 2.18. The Morgan fingerprint density at radius 2 is 2.19 bits per heavy atom. The lowest BCUT2D eigenvalue weighted by molar-refractivity contribution is -0.184. The van der Waals surface area contributed by atoms with E-state index in [2.05, 4.69) is 5.10 Å². The molecule has 4 nitrogen and oxygen atoms in total. The average Bonchev–Trinajstić information content (AvgIpc) is 2.62. The molecule has 0 spiro atoms. The van der Waals surface area contributed by atoms with Crippen LogP contribution in [-0.2, 0) is 17.9 Å². The minimum absolute atomic E-state index is 0.105. The summed E-state index contributed by atoms with van der Waals surface area (Å²) in [6.45, 7) is 2.27. The molecule has 1 aromatic heterocycles. The van der Waals surface area contributed by atoms with Crippen LogP contribution in [0.25, 0.3) is 0 Å². The fraction of sp³-hybridized carbons (Fsp3) is 0.556. The summed E-state index contributed by atoms with van der Waals surface area (Å²) in [6, 6.07) is 1.59. The zero-order chi connectivity index (χ0) is 12.3. The molecule has 90 valence electrons. The summed E-state index contributed by atoms with van der Waals surface area (Å²) in [5.41, 5.74) is 0.572. The van der Waals surface area contributed by atoms with E-state index in [1.807, 2.05) is 6.92 Å². The van der Waals surface area contributed by atoms with Crippen molar-refractivity contribution in [3.63, 3.8) is 0 Å². The molecule has 0 saturated carbocycles. The van der Waals surface area contributed by atoms with Gasteiger partial charge in [-0.05, 0) is 13.0 Å². The second-order valence-corrected chi connectivity index (χ2v) is 3.30. The zero-order valence-corrected chi connectivity index (χ0v) is 8.95. The fourth-order valence-corrected chi connectivity index (χ4v) is 1.31. The highest BCUT2D eigenvalue weighted by Gasteiger charge is 2.41. The van der Waals surface area contributed by atoms with E-state index in [-0.39, 0.29) is 6.54 Å². The molecule has 0 aliphatic heterocycles. The normalized spacial score (nSPS) is 11.6. The van der Waals surface area contributed by atoms with Gasteiger partial charge in [0.05, 0.1) is 12.2 Å². The Morgan fingerprint density at radius 1 is 1.56 bits per heavy atom. The molecule has 1 heterocycles. The minimum atomic E-state index is -4.83. The van der Waals surface area contributed by atoms with Crippen molar-refractivity contribution < 1.29 is 18.0 Å². The number of hydrogen-bond acceptors (Lipinski definition) is 2. The van der Waals surface area contributed by atoms with Crippen molar-refractivity contribution in [1.29, 1.82) is 0 Å². The van der Waals surface area contributed by atoms with Crippen LogP contribution in [0.1, 0.15) is 12.6 Å². The van der Waals surface area contributed by atoms with Crippen molar-refractivity contribution in [2.45, 2.75) is 26.2 Å². The maximum absolute atomic E-state index is 12.1. The molecule has 0 fully saturated rings. The van der Waals surface area contributed by atoms with E-state index >= 15 is 0 Å². The molecule has 0 saturated heterocycles. The van der Waals surface area contributed by atoms with Gasteiger partial charge in [-0.3, -0.25) is 9.48 Å². The lowest BCUT2D eigenvalue weighted by Crippen LogP contribution is -2.38. The van der Waals surface area contributed by atoms with Crippen LogP contribution in [0, 0.1) is 0 Å². The molecular formula is C9H12F3N3O. The van der Waals surface area contributed by atoms with Gasteiger partial charge in [-0.2, -0.15) is 18.3 Å². The molecule has 1 aromatic rings. The number of alkyl halides is 3. The van der Waals surface area contributed by atoms with E-state index < -0.39 is 12.1 Å². The first-order chi connectivity index (χ1) is 7.36. The summed E-state index contributed by atoms with van der Waals surface area (Å²) in [5, 5.41) is 3.91. The maximum Gasteiger partial charge on any atom is 0.471 e. The molecule has 1 amide bonds. The second kappa shape index (κ2) is 4.54. The van der Waals surface area contributed by atoms with E-state index in [0.29, 0.717) is 17.1 Å². The van der Waals surface area contributed by atoms with Gasteiger partial charge in [-0.25, -0.2) is 0 Å². The average molecular weight is 235 g/mol. The number of aryl methyl sites for hydroxylation is 1. The summed E-state index contributed by atoms with van der Waals surface area (Å²) >= 11 is 0. The largest absolute Gasteiger partial charge is 0.471 e. The van der Waals surface area contributed by atoms with Crippen molar-refractivity contribution in [2.75, 3.05) is 7.05 Å². The lowest BCUT2D eigenvalue weighted by atomic mass is 10.3. The standard InChI is InChI=1S/C9H12F3N3O/c1-3-15-7(4-5-13-15)6-14(2)8(16)9(10,11)12/h4-5H,3,6H2,1-2H3. The predicted octanol–water partition coefficient (Wildman–Crippen LogP) is 1.42. The number of halogens is 3. The quantitative estimate of drug-likeness (QED) is 0.794. The molecule has 0 aliphatic carbocycles. The van der Waals surface area contributed by atoms with Crippen LogP contribution in [0.3, 0.4) is 0 Å². The maximum atomic E-state index is 12.1. The SMILES string of the molecule is CCn1nccc1CN(C)C(=O)C(F)(F)F. The highest BCUT2D eigenvalue weighted by atomic mass is 19.4. The van der Waals surface area contributed by atoms with E-state index in [0.717, 1.165) is 7.05 Å². The van der Waals surface area contributed by atoms with Crippen LogP contribution in [0.2, 0.25) is 0 Å². The third-order valence-corrected chi connectivity index (χ3v) is 2.09. The number of carbonyl (C=O) groups is 1. The Morgan fingerprint density at radius 3 is 2.69 bits per heavy atom. The first-order valence-corrected chi connectivity index (χ1v) is 4.69. The Labute approximate surface area is 90.6 Å². The number of aromatic nitrogens is 2. The summed E-state index contributed by atoms with van der Waals surface area (Å²) in [6.07, 6.45) is -3.34. The molecular weight excluding hydrogens is 223 g/mol. The van der Waals surface area contributed by atoms with Crippen LogP contribution in [0.15, 0.2) is 12.3 Å². The van der Waals surface area contributed by atoms with Crippen molar-refractivity contribution >= 4 is 5.91 Å². The van der Waals surface area contributed by atoms with Crippen LogP contribution >= 0.6 is 0 Å². The fourth-order valence-electron chi connectivity index (χ4n) is 1.31. The Hall–Kier alpha value is -1.53. The molecule has 0 bridgehead atoms. The van der Waals surface area contributed by atoms with E-state index in [1.54, 1.807) is 10.7 Å². The number of amides is 1. The van der Waals surface area contributed by atoms with Gasteiger partial charge in [0.1, 0.15) is 0 Å². The topological polar surface area (TPSA) is 38.1 Å². The summed E-state index contributed by atoms with van der Waals surface area (Å²) in [4.78, 5) is 11.5. The Bertz CT molecular complexity index is 372. The van der Waals surface area contributed by atoms with Gasteiger partial charge in [-0.15, -0.1) is 0 Å². The van der Waals surface area contributed by atoms with Gasteiger partial charge in [0, 0.05) is 19.8 Å². The third kappa shape index (κ3) is 2.74. The molecule has 0 unspecified atom stereocenters. The van der Waals surface area contributed by atoms with E-state index in [9.17, 15) is 18.0 Å². The van der Waals surface area contributed by atoms with Crippen LogP contribution in [0.5, 0.6) is 0 Å². The predicted molar refractivity (Wildman–Crippen MR) is 50.4 cm³/mol. The smallest absolute Gasteiger partial charge is 0.332 e. The van der Waals surface area contributed by atoms with Crippen molar-refractivity contribution in [1.82, 2.24) is 14.7 Å². The van der Waals surface area contributed by atoms with E-state index in [1.165, 1.54) is 6.20 Å². The monoisotopic (exact) mass is 235 g/mol. The number of rotatable bonds is 3. The molecule has 7 heteroatoms. The first-order valence-electron chi connectivity index (χ1n) is 4.69. The highest BCUT2D eigenvalue weighted by molar-refractivity contribution is 5.81. The number of carbonyl (C=O) groups excluding carboxylic acids is 1. The lowest BCUT2D eigenvalue weighted by Gasteiger charge is -2.18.